The average Bonchev–Trinajstić information content (AvgIpc) is 3.09. The fourth-order valence-electron chi connectivity index (χ4n) is 2.92. The van der Waals surface area contributed by atoms with Crippen molar-refractivity contribution in [2.75, 3.05) is 0 Å². The average molecular weight is 299 g/mol. The number of hydrogen-bond donors (Lipinski definition) is 1. The van der Waals surface area contributed by atoms with Crippen LogP contribution in [0.25, 0.3) is 21.5 Å². The predicted octanol–water partition coefficient (Wildman–Crippen LogP) is 4.06. The summed E-state index contributed by atoms with van der Waals surface area (Å²) in [5.74, 6) is -1.23. The summed E-state index contributed by atoms with van der Waals surface area (Å²) in [5.41, 5.74) is 2.53. The standard InChI is InChI=1S/C16H13NO3S/c18-16(19)10-5-3-7-13-14(10)17-15(21-13)11-8-20-12-6-2-1-4-9(11)12/h1-2,4,6,8,10H,3,5,7H2,(H,18,19). The first-order valence-corrected chi connectivity index (χ1v) is 7.74. The van der Waals surface area contributed by atoms with Crippen molar-refractivity contribution in [1.29, 1.82) is 0 Å². The molecule has 5 heteroatoms. The monoisotopic (exact) mass is 299 g/mol. The second-order valence-corrected chi connectivity index (χ2v) is 6.34. The normalized spacial score (nSPS) is 17.8. The molecule has 106 valence electrons. The Balaban J connectivity index is 1.85. The zero-order valence-corrected chi connectivity index (χ0v) is 12.0. The Morgan fingerprint density at radius 3 is 3.10 bits per heavy atom. The summed E-state index contributed by atoms with van der Waals surface area (Å²) in [5, 5.41) is 11.2. The molecule has 1 aliphatic carbocycles. The van der Waals surface area contributed by atoms with Gasteiger partial charge in [0, 0.05) is 10.3 Å². The summed E-state index contributed by atoms with van der Waals surface area (Å²) in [6, 6.07) is 7.83. The Bertz CT molecular complexity index is 833. The van der Waals surface area contributed by atoms with Gasteiger partial charge in [-0.3, -0.25) is 4.79 Å². The van der Waals surface area contributed by atoms with Gasteiger partial charge in [-0.2, -0.15) is 0 Å². The number of aliphatic carboxylic acids is 1. The van der Waals surface area contributed by atoms with Crippen LogP contribution in [-0.2, 0) is 11.2 Å². The van der Waals surface area contributed by atoms with Gasteiger partial charge in [-0.15, -0.1) is 11.3 Å². The second kappa shape index (κ2) is 4.70. The number of para-hydroxylation sites is 1. The van der Waals surface area contributed by atoms with Crippen molar-refractivity contribution in [3.05, 3.63) is 41.1 Å². The number of thiazole rings is 1. The Morgan fingerprint density at radius 1 is 1.38 bits per heavy atom. The molecular weight excluding hydrogens is 286 g/mol. The summed E-state index contributed by atoms with van der Waals surface area (Å²) < 4.78 is 5.56. The first-order chi connectivity index (χ1) is 10.2. The summed E-state index contributed by atoms with van der Waals surface area (Å²) >= 11 is 1.59. The molecule has 2 aromatic heterocycles. The van der Waals surface area contributed by atoms with Gasteiger partial charge in [0.15, 0.2) is 0 Å². The maximum Gasteiger partial charge on any atom is 0.312 e. The first kappa shape index (κ1) is 12.6. The van der Waals surface area contributed by atoms with E-state index in [0.29, 0.717) is 6.42 Å². The zero-order valence-electron chi connectivity index (χ0n) is 11.2. The third-order valence-electron chi connectivity index (χ3n) is 3.96. The molecule has 2 heterocycles. The van der Waals surface area contributed by atoms with Crippen LogP contribution in [0.5, 0.6) is 0 Å². The summed E-state index contributed by atoms with van der Waals surface area (Å²) in [6.45, 7) is 0. The van der Waals surface area contributed by atoms with Crippen molar-refractivity contribution in [3.63, 3.8) is 0 Å². The lowest BCUT2D eigenvalue weighted by atomic mass is 9.91. The van der Waals surface area contributed by atoms with E-state index in [1.165, 1.54) is 0 Å². The lowest BCUT2D eigenvalue weighted by Gasteiger charge is -2.16. The van der Waals surface area contributed by atoms with Gasteiger partial charge in [0.1, 0.15) is 16.9 Å². The summed E-state index contributed by atoms with van der Waals surface area (Å²) in [7, 11) is 0. The third kappa shape index (κ3) is 1.96. The SMILES string of the molecule is O=C(O)C1CCCc2sc(-c3coc4ccccc34)nc21. The van der Waals surface area contributed by atoms with E-state index in [1.807, 2.05) is 24.3 Å². The van der Waals surface area contributed by atoms with Crippen LogP contribution in [0.3, 0.4) is 0 Å². The highest BCUT2D eigenvalue weighted by Crippen LogP contribution is 2.40. The molecule has 1 aliphatic rings. The predicted molar refractivity (Wildman–Crippen MR) is 80.6 cm³/mol. The lowest BCUT2D eigenvalue weighted by Crippen LogP contribution is -2.17. The fourth-order valence-corrected chi connectivity index (χ4v) is 4.10. The van der Waals surface area contributed by atoms with E-state index in [1.54, 1.807) is 17.6 Å². The van der Waals surface area contributed by atoms with Crippen molar-refractivity contribution in [1.82, 2.24) is 4.98 Å². The molecule has 0 amide bonds. The largest absolute Gasteiger partial charge is 0.481 e. The Labute approximate surface area is 125 Å². The van der Waals surface area contributed by atoms with E-state index in [9.17, 15) is 9.90 Å². The molecule has 0 aliphatic heterocycles. The summed E-state index contributed by atoms with van der Waals surface area (Å²) in [4.78, 5) is 17.1. The molecule has 1 aromatic carbocycles. The fraction of sp³-hybridized carbons (Fsp3) is 0.250. The van der Waals surface area contributed by atoms with E-state index in [4.69, 9.17) is 4.42 Å². The van der Waals surface area contributed by atoms with Crippen LogP contribution in [0.15, 0.2) is 34.9 Å². The molecule has 0 saturated carbocycles. The molecule has 0 spiro atoms. The van der Waals surface area contributed by atoms with Gasteiger partial charge < -0.3 is 9.52 Å². The number of aryl methyl sites for hydroxylation is 1. The number of nitrogens with zero attached hydrogens (tertiary/aromatic N) is 1. The topological polar surface area (TPSA) is 63.3 Å². The number of rotatable bonds is 2. The maximum atomic E-state index is 11.4. The molecule has 0 saturated heterocycles. The Morgan fingerprint density at radius 2 is 2.24 bits per heavy atom. The molecule has 4 nitrogen and oxygen atoms in total. The van der Waals surface area contributed by atoms with Crippen LogP contribution in [0.2, 0.25) is 0 Å². The highest BCUT2D eigenvalue weighted by molar-refractivity contribution is 7.15. The van der Waals surface area contributed by atoms with Gasteiger partial charge in [0.25, 0.3) is 0 Å². The molecule has 4 rings (SSSR count). The number of carbonyl (C=O) groups is 1. The molecule has 21 heavy (non-hydrogen) atoms. The van der Waals surface area contributed by atoms with Crippen LogP contribution in [0.1, 0.15) is 29.3 Å². The van der Waals surface area contributed by atoms with Crippen molar-refractivity contribution in [2.24, 2.45) is 0 Å². The summed E-state index contributed by atoms with van der Waals surface area (Å²) in [6.07, 6.45) is 4.23. The van der Waals surface area contributed by atoms with Gasteiger partial charge in [-0.1, -0.05) is 18.2 Å². The smallest absolute Gasteiger partial charge is 0.312 e. The highest BCUT2D eigenvalue weighted by Gasteiger charge is 2.30. The van der Waals surface area contributed by atoms with Crippen LogP contribution in [0, 0.1) is 0 Å². The second-order valence-electron chi connectivity index (χ2n) is 5.26. The highest BCUT2D eigenvalue weighted by atomic mass is 32.1. The van der Waals surface area contributed by atoms with Gasteiger partial charge in [-0.05, 0) is 25.3 Å². The molecular formula is C16H13NO3S. The van der Waals surface area contributed by atoms with Crippen molar-refractivity contribution >= 4 is 28.3 Å². The van der Waals surface area contributed by atoms with Gasteiger partial charge in [-0.25, -0.2) is 4.98 Å². The minimum absolute atomic E-state index is 0.461. The quantitative estimate of drug-likeness (QED) is 0.775. The van der Waals surface area contributed by atoms with Gasteiger partial charge in [0.05, 0.1) is 17.2 Å². The zero-order chi connectivity index (χ0) is 14.4. The van der Waals surface area contributed by atoms with Crippen LogP contribution >= 0.6 is 11.3 Å². The Hall–Kier alpha value is -2.14. The molecule has 0 radical (unpaired) electrons. The van der Waals surface area contributed by atoms with Gasteiger partial charge in [0.2, 0.25) is 0 Å². The minimum atomic E-state index is -0.773. The van der Waals surface area contributed by atoms with Crippen LogP contribution in [0.4, 0.5) is 0 Å². The number of aromatic nitrogens is 1. The Kier molecular flexibility index (Phi) is 2.82. The molecule has 1 unspecified atom stereocenters. The van der Waals surface area contributed by atoms with Crippen LogP contribution in [-0.4, -0.2) is 16.1 Å². The maximum absolute atomic E-state index is 11.4. The van der Waals surface area contributed by atoms with Crippen LogP contribution < -0.4 is 0 Å². The molecule has 1 atom stereocenters. The first-order valence-electron chi connectivity index (χ1n) is 6.93. The number of hydrogen-bond acceptors (Lipinski definition) is 4. The van der Waals surface area contributed by atoms with Crippen molar-refractivity contribution in [2.45, 2.75) is 25.2 Å². The third-order valence-corrected chi connectivity index (χ3v) is 5.13. The van der Waals surface area contributed by atoms with Crippen molar-refractivity contribution in [3.8, 4) is 10.6 Å². The minimum Gasteiger partial charge on any atom is -0.481 e. The number of carboxylic acids is 1. The number of fused-ring (bicyclic) bond motifs is 2. The van der Waals surface area contributed by atoms with E-state index in [0.717, 1.165) is 45.0 Å². The number of benzene rings is 1. The van der Waals surface area contributed by atoms with E-state index in [-0.39, 0.29) is 0 Å². The molecule has 0 fully saturated rings. The molecule has 0 bridgehead atoms. The van der Waals surface area contributed by atoms with E-state index in [2.05, 4.69) is 4.98 Å². The van der Waals surface area contributed by atoms with E-state index < -0.39 is 11.9 Å². The lowest BCUT2D eigenvalue weighted by molar-refractivity contribution is -0.139. The van der Waals surface area contributed by atoms with Crippen molar-refractivity contribution < 1.29 is 14.3 Å². The van der Waals surface area contributed by atoms with Gasteiger partial charge >= 0.3 is 5.97 Å². The number of furan rings is 1. The molecule has 1 N–H and O–H groups in total. The number of carboxylic acid groups (broad SMARTS) is 1. The molecule has 3 aromatic rings. The van der Waals surface area contributed by atoms with E-state index >= 15 is 0 Å².